The molecule has 0 N–H and O–H groups in total. The Morgan fingerprint density at radius 3 is 2.62 bits per heavy atom. The van der Waals surface area contributed by atoms with Gasteiger partial charge < -0.3 is 4.90 Å². The third-order valence-electron chi connectivity index (χ3n) is 4.76. The first kappa shape index (κ1) is 15.1. The number of hydrogen-bond acceptors (Lipinski definition) is 2. The number of halogens is 2. The largest absolute Gasteiger partial charge is 0.367 e. The van der Waals surface area contributed by atoms with E-state index in [1.54, 1.807) is 6.07 Å². The Morgan fingerprint density at radius 2 is 1.88 bits per heavy atom. The van der Waals surface area contributed by atoms with Gasteiger partial charge in [-0.15, -0.1) is 0 Å². The Bertz CT molecular complexity index is 907. The Kier molecular flexibility index (Phi) is 3.68. The van der Waals surface area contributed by atoms with Crippen LogP contribution in [0.25, 0.3) is 22.2 Å². The highest BCUT2D eigenvalue weighted by Gasteiger charge is 2.24. The summed E-state index contributed by atoms with van der Waals surface area (Å²) in [7, 11) is 0. The molecular weight excluding hydrogens is 306 g/mol. The fraction of sp³-hybridized carbons (Fsp3) is 0.250. The molecule has 0 radical (unpaired) electrons. The molecule has 4 rings (SSSR count). The van der Waals surface area contributed by atoms with Crippen molar-refractivity contribution in [2.24, 2.45) is 0 Å². The quantitative estimate of drug-likeness (QED) is 0.646. The first-order valence-electron chi connectivity index (χ1n) is 8.25. The van der Waals surface area contributed by atoms with Crippen LogP contribution < -0.4 is 4.90 Å². The summed E-state index contributed by atoms with van der Waals surface area (Å²) in [6, 6.07) is 14.4. The Morgan fingerprint density at radius 1 is 1.04 bits per heavy atom. The molecule has 1 atom stereocenters. The highest BCUT2D eigenvalue weighted by atomic mass is 19.2. The van der Waals surface area contributed by atoms with Gasteiger partial charge in [0.05, 0.1) is 16.9 Å². The summed E-state index contributed by atoms with van der Waals surface area (Å²) < 4.78 is 27.1. The lowest BCUT2D eigenvalue weighted by molar-refractivity contribution is 0.509. The minimum atomic E-state index is -0.845. The van der Waals surface area contributed by atoms with Gasteiger partial charge in [-0.1, -0.05) is 18.2 Å². The molecule has 0 spiro atoms. The molecule has 2 heterocycles. The third-order valence-corrected chi connectivity index (χ3v) is 4.76. The van der Waals surface area contributed by atoms with Crippen LogP contribution in [-0.2, 0) is 0 Å². The van der Waals surface area contributed by atoms with Gasteiger partial charge in [-0.3, -0.25) is 0 Å². The van der Waals surface area contributed by atoms with Crippen LogP contribution in [0.5, 0.6) is 0 Å². The molecule has 122 valence electrons. The first-order valence-corrected chi connectivity index (χ1v) is 8.25. The Labute approximate surface area is 139 Å². The minimum absolute atomic E-state index is 0.414. The molecule has 3 aromatic rings. The summed E-state index contributed by atoms with van der Waals surface area (Å²) in [6.07, 6.45) is 2.26. The molecule has 24 heavy (non-hydrogen) atoms. The molecule has 1 aliphatic rings. The molecule has 0 amide bonds. The van der Waals surface area contributed by atoms with Crippen molar-refractivity contribution in [2.75, 3.05) is 11.4 Å². The zero-order chi connectivity index (χ0) is 16.7. The summed E-state index contributed by atoms with van der Waals surface area (Å²) in [5, 5.41) is 1.05. The smallest absolute Gasteiger partial charge is 0.159 e. The maximum atomic E-state index is 13.7. The van der Waals surface area contributed by atoms with Gasteiger partial charge in [0.1, 0.15) is 0 Å². The standard InChI is InChI=1S/C20H18F2N2/c1-13-5-4-10-24(13)19-12-14-6-2-3-7-18(14)23-20(19)15-8-9-16(21)17(22)11-15/h2-3,6-9,11-13H,4-5,10H2,1H3. The molecule has 2 nitrogen and oxygen atoms in total. The van der Waals surface area contributed by atoms with E-state index in [4.69, 9.17) is 4.98 Å². The lowest BCUT2D eigenvalue weighted by Crippen LogP contribution is -2.27. The van der Waals surface area contributed by atoms with Gasteiger partial charge in [0.2, 0.25) is 0 Å². The van der Waals surface area contributed by atoms with E-state index in [-0.39, 0.29) is 0 Å². The lowest BCUT2D eigenvalue weighted by atomic mass is 10.1. The van der Waals surface area contributed by atoms with Crippen molar-refractivity contribution >= 4 is 16.6 Å². The summed E-state index contributed by atoms with van der Waals surface area (Å²) in [4.78, 5) is 7.08. The van der Waals surface area contributed by atoms with Gasteiger partial charge in [0.15, 0.2) is 11.6 Å². The number of rotatable bonds is 2. The van der Waals surface area contributed by atoms with Crippen LogP contribution in [0, 0.1) is 11.6 Å². The molecule has 2 aromatic carbocycles. The predicted molar refractivity (Wildman–Crippen MR) is 93.1 cm³/mol. The zero-order valence-electron chi connectivity index (χ0n) is 13.5. The number of hydrogen-bond donors (Lipinski definition) is 0. The van der Waals surface area contributed by atoms with Crippen LogP contribution in [-0.4, -0.2) is 17.6 Å². The van der Waals surface area contributed by atoms with Crippen molar-refractivity contribution in [3.63, 3.8) is 0 Å². The summed E-state index contributed by atoms with van der Waals surface area (Å²) >= 11 is 0. The molecule has 1 fully saturated rings. The zero-order valence-corrected chi connectivity index (χ0v) is 13.5. The van der Waals surface area contributed by atoms with Crippen molar-refractivity contribution in [1.82, 2.24) is 4.98 Å². The van der Waals surface area contributed by atoms with E-state index in [9.17, 15) is 8.78 Å². The topological polar surface area (TPSA) is 16.1 Å². The van der Waals surface area contributed by atoms with E-state index in [1.807, 2.05) is 24.3 Å². The van der Waals surface area contributed by atoms with Gasteiger partial charge in [-0.2, -0.15) is 0 Å². The van der Waals surface area contributed by atoms with Gasteiger partial charge in [0, 0.05) is 23.5 Å². The van der Waals surface area contributed by atoms with Crippen LogP contribution in [0.15, 0.2) is 48.5 Å². The van der Waals surface area contributed by atoms with E-state index in [0.717, 1.165) is 36.0 Å². The molecule has 0 saturated carbocycles. The molecule has 0 bridgehead atoms. The second-order valence-corrected chi connectivity index (χ2v) is 6.36. The van der Waals surface area contributed by atoms with Crippen molar-refractivity contribution in [3.05, 3.63) is 60.2 Å². The fourth-order valence-corrected chi connectivity index (χ4v) is 3.47. The van der Waals surface area contributed by atoms with E-state index < -0.39 is 11.6 Å². The van der Waals surface area contributed by atoms with Crippen LogP contribution >= 0.6 is 0 Å². The normalized spacial score (nSPS) is 17.6. The minimum Gasteiger partial charge on any atom is -0.367 e. The van der Waals surface area contributed by atoms with E-state index >= 15 is 0 Å². The summed E-state index contributed by atoms with van der Waals surface area (Å²) in [5.74, 6) is -1.68. The molecule has 1 unspecified atom stereocenters. The molecule has 1 aromatic heterocycles. The second-order valence-electron chi connectivity index (χ2n) is 6.36. The number of nitrogens with zero attached hydrogens (tertiary/aromatic N) is 2. The highest BCUT2D eigenvalue weighted by Crippen LogP contribution is 2.36. The number of fused-ring (bicyclic) bond motifs is 1. The Balaban J connectivity index is 1.95. The summed E-state index contributed by atoms with van der Waals surface area (Å²) in [5.41, 5.74) is 3.16. The molecule has 0 aliphatic carbocycles. The van der Waals surface area contributed by atoms with Gasteiger partial charge in [-0.25, -0.2) is 13.8 Å². The van der Waals surface area contributed by atoms with Gasteiger partial charge >= 0.3 is 0 Å². The molecule has 1 saturated heterocycles. The van der Waals surface area contributed by atoms with Crippen molar-refractivity contribution < 1.29 is 8.78 Å². The molecule has 1 aliphatic heterocycles. The van der Waals surface area contributed by atoms with Crippen LogP contribution in [0.4, 0.5) is 14.5 Å². The van der Waals surface area contributed by atoms with Crippen LogP contribution in [0.1, 0.15) is 19.8 Å². The van der Waals surface area contributed by atoms with Crippen LogP contribution in [0.2, 0.25) is 0 Å². The number of pyridine rings is 1. The average molecular weight is 324 g/mol. The summed E-state index contributed by atoms with van der Waals surface area (Å²) in [6.45, 7) is 3.15. The number of anilines is 1. The number of para-hydroxylation sites is 1. The Hall–Kier alpha value is -2.49. The maximum Gasteiger partial charge on any atom is 0.159 e. The monoisotopic (exact) mass is 324 g/mol. The SMILES string of the molecule is CC1CCCN1c1cc2ccccc2nc1-c1ccc(F)c(F)c1. The first-order chi connectivity index (χ1) is 11.6. The van der Waals surface area contributed by atoms with E-state index in [0.29, 0.717) is 17.3 Å². The third kappa shape index (κ3) is 2.52. The second kappa shape index (κ2) is 5.86. The van der Waals surface area contributed by atoms with Gasteiger partial charge in [-0.05, 0) is 50.1 Å². The maximum absolute atomic E-state index is 13.7. The van der Waals surface area contributed by atoms with Crippen molar-refractivity contribution in [2.45, 2.75) is 25.8 Å². The predicted octanol–water partition coefficient (Wildman–Crippen LogP) is 5.17. The fourth-order valence-electron chi connectivity index (χ4n) is 3.47. The van der Waals surface area contributed by atoms with E-state index in [2.05, 4.69) is 17.9 Å². The highest BCUT2D eigenvalue weighted by molar-refractivity contribution is 5.89. The van der Waals surface area contributed by atoms with Crippen molar-refractivity contribution in [1.29, 1.82) is 0 Å². The van der Waals surface area contributed by atoms with Crippen LogP contribution in [0.3, 0.4) is 0 Å². The molecule has 4 heteroatoms. The number of aromatic nitrogens is 1. The average Bonchev–Trinajstić information content (AvgIpc) is 3.02. The van der Waals surface area contributed by atoms with E-state index in [1.165, 1.54) is 12.1 Å². The number of benzene rings is 2. The van der Waals surface area contributed by atoms with Crippen molar-refractivity contribution in [3.8, 4) is 11.3 Å². The van der Waals surface area contributed by atoms with Gasteiger partial charge in [0.25, 0.3) is 0 Å². The lowest BCUT2D eigenvalue weighted by Gasteiger charge is -2.26. The molecular formula is C20H18F2N2.